The lowest BCUT2D eigenvalue weighted by Crippen LogP contribution is -1.90. The highest BCUT2D eigenvalue weighted by atomic mass is 19.1. The molecule has 3 heteroatoms. The Morgan fingerprint density at radius 1 is 1.36 bits per heavy atom. The Kier molecular flexibility index (Phi) is 3.02. The molecule has 0 aromatic heterocycles. The van der Waals surface area contributed by atoms with E-state index in [0.717, 1.165) is 6.08 Å². The Morgan fingerprint density at radius 3 is 2.29 bits per heavy atom. The molecule has 1 aromatic rings. The third-order valence-corrected chi connectivity index (χ3v) is 1.88. The molecular weight excluding hydrogens is 183 g/mol. The van der Waals surface area contributed by atoms with Crippen molar-refractivity contribution >= 4 is 12.0 Å². The van der Waals surface area contributed by atoms with Crippen LogP contribution in [0.4, 0.5) is 4.39 Å². The number of aliphatic carboxylic acids is 1. The Hall–Kier alpha value is -1.64. The summed E-state index contributed by atoms with van der Waals surface area (Å²) in [7, 11) is 0. The van der Waals surface area contributed by atoms with Gasteiger partial charge in [0, 0.05) is 6.08 Å². The molecule has 0 aliphatic heterocycles. The monoisotopic (exact) mass is 194 g/mol. The van der Waals surface area contributed by atoms with Crippen LogP contribution in [0.2, 0.25) is 0 Å². The minimum atomic E-state index is -1.01. The van der Waals surface area contributed by atoms with Crippen LogP contribution in [0, 0.1) is 19.7 Å². The molecule has 0 spiro atoms. The van der Waals surface area contributed by atoms with E-state index < -0.39 is 5.97 Å². The second-order valence-corrected chi connectivity index (χ2v) is 3.14. The van der Waals surface area contributed by atoms with Crippen molar-refractivity contribution in [2.24, 2.45) is 0 Å². The van der Waals surface area contributed by atoms with Crippen LogP contribution in [0.25, 0.3) is 6.08 Å². The van der Waals surface area contributed by atoms with E-state index >= 15 is 0 Å². The molecule has 1 aromatic carbocycles. The van der Waals surface area contributed by atoms with Gasteiger partial charge in [-0.05, 0) is 48.7 Å². The van der Waals surface area contributed by atoms with E-state index in [0.29, 0.717) is 16.7 Å². The van der Waals surface area contributed by atoms with Crippen LogP contribution in [0.15, 0.2) is 18.2 Å². The molecule has 0 aliphatic carbocycles. The summed E-state index contributed by atoms with van der Waals surface area (Å²) in [6, 6.07) is 3.23. The van der Waals surface area contributed by atoms with Crippen LogP contribution in [-0.4, -0.2) is 11.1 Å². The van der Waals surface area contributed by atoms with Crippen LogP contribution in [0.1, 0.15) is 16.7 Å². The van der Waals surface area contributed by atoms with E-state index in [1.54, 1.807) is 26.0 Å². The average molecular weight is 194 g/mol. The predicted octanol–water partition coefficient (Wildman–Crippen LogP) is 2.54. The van der Waals surface area contributed by atoms with E-state index in [1.165, 1.54) is 6.08 Å². The van der Waals surface area contributed by atoms with Gasteiger partial charge in [-0.3, -0.25) is 0 Å². The van der Waals surface area contributed by atoms with Gasteiger partial charge in [-0.2, -0.15) is 0 Å². The maximum atomic E-state index is 13.2. The standard InChI is InChI=1S/C11H11FO2/c1-7-5-9(3-4-10(13)14)6-8(2)11(7)12/h3-6H,1-2H3,(H,13,14). The first-order valence-corrected chi connectivity index (χ1v) is 4.18. The van der Waals surface area contributed by atoms with Crippen LogP contribution < -0.4 is 0 Å². The third kappa shape index (κ3) is 2.42. The smallest absolute Gasteiger partial charge is 0.328 e. The third-order valence-electron chi connectivity index (χ3n) is 1.88. The number of carbonyl (C=O) groups is 1. The lowest BCUT2D eigenvalue weighted by Gasteiger charge is -2.02. The lowest BCUT2D eigenvalue weighted by atomic mass is 10.1. The normalized spacial score (nSPS) is 10.8. The fraction of sp³-hybridized carbons (Fsp3) is 0.182. The first-order chi connectivity index (χ1) is 6.50. The van der Waals surface area contributed by atoms with Gasteiger partial charge in [-0.1, -0.05) is 0 Å². The van der Waals surface area contributed by atoms with Crippen LogP contribution in [0.3, 0.4) is 0 Å². The first kappa shape index (κ1) is 10.4. The molecule has 0 saturated carbocycles. The van der Waals surface area contributed by atoms with Crippen LogP contribution in [0.5, 0.6) is 0 Å². The zero-order chi connectivity index (χ0) is 10.7. The lowest BCUT2D eigenvalue weighted by molar-refractivity contribution is -0.131. The van der Waals surface area contributed by atoms with Crippen molar-refractivity contribution in [1.29, 1.82) is 0 Å². The number of hydrogen-bond acceptors (Lipinski definition) is 1. The second kappa shape index (κ2) is 4.05. The molecule has 2 nitrogen and oxygen atoms in total. The number of carboxylic acids is 1. The summed E-state index contributed by atoms with van der Waals surface area (Å²) in [4.78, 5) is 10.2. The van der Waals surface area contributed by atoms with E-state index in [1.807, 2.05) is 0 Å². The van der Waals surface area contributed by atoms with Crippen molar-refractivity contribution in [3.8, 4) is 0 Å². The molecule has 0 radical (unpaired) electrons. The minimum Gasteiger partial charge on any atom is -0.478 e. The highest BCUT2D eigenvalue weighted by molar-refractivity contribution is 5.85. The topological polar surface area (TPSA) is 37.3 Å². The number of hydrogen-bond donors (Lipinski definition) is 1. The summed E-state index contributed by atoms with van der Waals surface area (Å²) in [6.07, 6.45) is 2.48. The van der Waals surface area contributed by atoms with Crippen molar-refractivity contribution < 1.29 is 14.3 Å². The number of rotatable bonds is 2. The summed E-state index contributed by atoms with van der Waals surface area (Å²) in [5.74, 6) is -1.25. The molecule has 1 N–H and O–H groups in total. The molecule has 0 heterocycles. The zero-order valence-electron chi connectivity index (χ0n) is 8.04. The average Bonchev–Trinajstić information content (AvgIpc) is 2.10. The maximum Gasteiger partial charge on any atom is 0.328 e. The molecular formula is C11H11FO2. The van der Waals surface area contributed by atoms with E-state index in [-0.39, 0.29) is 5.82 Å². The molecule has 14 heavy (non-hydrogen) atoms. The number of aryl methyl sites for hydroxylation is 2. The van der Waals surface area contributed by atoms with Crippen LogP contribution in [-0.2, 0) is 4.79 Å². The Balaban J connectivity index is 3.07. The molecule has 1 rings (SSSR count). The van der Waals surface area contributed by atoms with Crippen molar-refractivity contribution in [3.05, 3.63) is 40.7 Å². The van der Waals surface area contributed by atoms with Gasteiger partial charge in [0.1, 0.15) is 5.82 Å². The quantitative estimate of drug-likeness (QED) is 0.734. The fourth-order valence-electron chi connectivity index (χ4n) is 1.24. The molecule has 0 fully saturated rings. The fourth-order valence-corrected chi connectivity index (χ4v) is 1.24. The maximum absolute atomic E-state index is 13.2. The van der Waals surface area contributed by atoms with Crippen molar-refractivity contribution in [2.45, 2.75) is 13.8 Å². The van der Waals surface area contributed by atoms with Crippen molar-refractivity contribution in [1.82, 2.24) is 0 Å². The summed E-state index contributed by atoms with van der Waals surface area (Å²) in [5, 5.41) is 8.41. The number of carboxylic acid groups (broad SMARTS) is 1. The van der Waals surface area contributed by atoms with Crippen molar-refractivity contribution in [2.75, 3.05) is 0 Å². The molecule has 0 amide bonds. The summed E-state index contributed by atoms with van der Waals surface area (Å²) in [6.45, 7) is 3.31. The van der Waals surface area contributed by atoms with Gasteiger partial charge in [-0.25, -0.2) is 9.18 Å². The zero-order valence-corrected chi connectivity index (χ0v) is 8.04. The number of halogens is 1. The molecule has 0 aliphatic rings. The van der Waals surface area contributed by atoms with Gasteiger partial charge in [-0.15, -0.1) is 0 Å². The van der Waals surface area contributed by atoms with Gasteiger partial charge in [0.15, 0.2) is 0 Å². The number of benzene rings is 1. The SMILES string of the molecule is Cc1cc(C=CC(=O)O)cc(C)c1F. The second-order valence-electron chi connectivity index (χ2n) is 3.14. The van der Waals surface area contributed by atoms with Gasteiger partial charge < -0.3 is 5.11 Å². The molecule has 0 atom stereocenters. The Labute approximate surface area is 81.7 Å². The van der Waals surface area contributed by atoms with Crippen LogP contribution >= 0.6 is 0 Å². The predicted molar refractivity (Wildman–Crippen MR) is 52.5 cm³/mol. The Bertz CT molecular complexity index is 371. The van der Waals surface area contributed by atoms with Crippen molar-refractivity contribution in [3.63, 3.8) is 0 Å². The van der Waals surface area contributed by atoms with E-state index in [9.17, 15) is 9.18 Å². The summed E-state index contributed by atoms with van der Waals surface area (Å²) < 4.78 is 13.2. The molecule has 74 valence electrons. The highest BCUT2D eigenvalue weighted by Gasteiger charge is 2.02. The van der Waals surface area contributed by atoms with Gasteiger partial charge in [0.25, 0.3) is 0 Å². The minimum absolute atomic E-state index is 0.238. The van der Waals surface area contributed by atoms with Gasteiger partial charge in [0.2, 0.25) is 0 Å². The first-order valence-electron chi connectivity index (χ1n) is 4.18. The molecule has 0 saturated heterocycles. The van der Waals surface area contributed by atoms with E-state index in [4.69, 9.17) is 5.11 Å². The summed E-state index contributed by atoms with van der Waals surface area (Å²) in [5.41, 5.74) is 1.74. The van der Waals surface area contributed by atoms with Gasteiger partial charge in [0.05, 0.1) is 0 Å². The van der Waals surface area contributed by atoms with E-state index in [2.05, 4.69) is 0 Å². The highest BCUT2D eigenvalue weighted by Crippen LogP contribution is 2.15. The molecule has 0 unspecified atom stereocenters. The summed E-state index contributed by atoms with van der Waals surface area (Å²) >= 11 is 0. The van der Waals surface area contributed by atoms with Gasteiger partial charge >= 0.3 is 5.97 Å². The molecule has 0 bridgehead atoms. The largest absolute Gasteiger partial charge is 0.478 e. The Morgan fingerprint density at radius 2 is 1.86 bits per heavy atom.